The molecule has 1 aromatic rings. The van der Waals surface area contributed by atoms with Gasteiger partial charge in [0.2, 0.25) is 0 Å². The summed E-state index contributed by atoms with van der Waals surface area (Å²) in [5.74, 6) is 0.240. The summed E-state index contributed by atoms with van der Waals surface area (Å²) in [6.07, 6.45) is 2.70. The number of aromatic nitrogens is 1. The van der Waals surface area contributed by atoms with E-state index in [1.165, 1.54) is 4.88 Å². The third kappa shape index (κ3) is 2.41. The van der Waals surface area contributed by atoms with Crippen LogP contribution in [0.15, 0.2) is 0 Å². The van der Waals surface area contributed by atoms with Gasteiger partial charge in [-0.2, -0.15) is 0 Å². The zero-order chi connectivity index (χ0) is 13.4. The van der Waals surface area contributed by atoms with Gasteiger partial charge in [0.15, 0.2) is 10.9 Å². The minimum Gasteiger partial charge on any atom is -0.345 e. The number of aryl methyl sites for hydroxylation is 1. The average Bonchev–Trinajstić information content (AvgIpc) is 2.84. The number of hydrogen-bond donors (Lipinski definition) is 0. The number of likely N-dealkylation sites (N-methyl/N-ethyl adjacent to an activating group) is 1. The van der Waals surface area contributed by atoms with E-state index in [0.717, 1.165) is 49.8 Å². The minimum atomic E-state index is 0.240. The number of nitrogens with zero attached hydrogens (tertiary/aromatic N) is 3. The zero-order valence-corrected chi connectivity index (χ0v) is 12.5. The molecule has 4 nitrogen and oxygen atoms in total. The first-order chi connectivity index (χ1) is 9.19. The van der Waals surface area contributed by atoms with Crippen LogP contribution in [0.2, 0.25) is 0 Å². The first-order valence-corrected chi connectivity index (χ1v) is 8.02. The Balaban J connectivity index is 1.78. The highest BCUT2D eigenvalue weighted by molar-refractivity contribution is 7.16. The van der Waals surface area contributed by atoms with Crippen LogP contribution in [-0.2, 0) is 6.42 Å². The predicted molar refractivity (Wildman–Crippen MR) is 78.3 cm³/mol. The van der Waals surface area contributed by atoms with E-state index in [1.807, 2.05) is 0 Å². The standard InChI is InChI=1S/C14H21N3OS/c1-3-16-7-8-17(9-10(16)2)14-15-13-11(18)5-4-6-12(13)19-14/h10H,3-9H2,1-2H3. The molecule has 1 aliphatic carbocycles. The molecule has 1 unspecified atom stereocenters. The summed E-state index contributed by atoms with van der Waals surface area (Å²) < 4.78 is 0. The van der Waals surface area contributed by atoms with Gasteiger partial charge >= 0.3 is 0 Å². The van der Waals surface area contributed by atoms with Gasteiger partial charge in [-0.15, -0.1) is 11.3 Å². The second-order valence-electron chi connectivity index (χ2n) is 5.47. The molecule has 0 saturated carbocycles. The monoisotopic (exact) mass is 279 g/mol. The lowest BCUT2D eigenvalue weighted by Crippen LogP contribution is -2.51. The van der Waals surface area contributed by atoms with E-state index in [1.54, 1.807) is 11.3 Å². The summed E-state index contributed by atoms with van der Waals surface area (Å²) in [6.45, 7) is 8.74. The molecule has 1 aliphatic heterocycles. The van der Waals surface area contributed by atoms with Crippen molar-refractivity contribution < 1.29 is 4.79 Å². The van der Waals surface area contributed by atoms with Crippen LogP contribution in [-0.4, -0.2) is 47.9 Å². The molecule has 0 spiro atoms. The van der Waals surface area contributed by atoms with E-state index in [9.17, 15) is 4.79 Å². The maximum atomic E-state index is 11.9. The van der Waals surface area contributed by atoms with Gasteiger partial charge in [0.25, 0.3) is 0 Å². The largest absolute Gasteiger partial charge is 0.345 e. The van der Waals surface area contributed by atoms with E-state index >= 15 is 0 Å². The van der Waals surface area contributed by atoms with Gasteiger partial charge in [-0.3, -0.25) is 9.69 Å². The number of piperazine rings is 1. The topological polar surface area (TPSA) is 36.4 Å². The number of carbonyl (C=O) groups is 1. The lowest BCUT2D eigenvalue weighted by molar-refractivity contribution is 0.0968. The van der Waals surface area contributed by atoms with Crippen molar-refractivity contribution in [3.05, 3.63) is 10.6 Å². The summed E-state index contributed by atoms with van der Waals surface area (Å²) in [5, 5.41) is 1.06. The van der Waals surface area contributed by atoms with Crippen LogP contribution in [0.25, 0.3) is 0 Å². The lowest BCUT2D eigenvalue weighted by atomic mass is 10.0. The third-order valence-electron chi connectivity index (χ3n) is 4.20. The van der Waals surface area contributed by atoms with Crippen LogP contribution in [0.4, 0.5) is 5.13 Å². The molecule has 0 amide bonds. The summed E-state index contributed by atoms with van der Waals surface area (Å²) in [4.78, 5) is 22.5. The molecule has 3 rings (SSSR count). The molecule has 2 aliphatic rings. The van der Waals surface area contributed by atoms with Crippen molar-refractivity contribution in [2.75, 3.05) is 31.1 Å². The molecule has 5 heteroatoms. The normalized spacial score (nSPS) is 24.6. The Kier molecular flexibility index (Phi) is 3.58. The van der Waals surface area contributed by atoms with Gasteiger partial charge in [0.1, 0.15) is 5.69 Å². The predicted octanol–water partition coefficient (Wildman–Crippen LogP) is 2.19. The number of anilines is 1. The van der Waals surface area contributed by atoms with E-state index in [2.05, 4.69) is 28.6 Å². The highest BCUT2D eigenvalue weighted by atomic mass is 32.1. The molecule has 0 radical (unpaired) electrons. The molecule has 0 N–H and O–H groups in total. The fourth-order valence-electron chi connectivity index (χ4n) is 3.03. The van der Waals surface area contributed by atoms with Crippen LogP contribution in [0.3, 0.4) is 0 Å². The van der Waals surface area contributed by atoms with Gasteiger partial charge in [-0.1, -0.05) is 6.92 Å². The van der Waals surface area contributed by atoms with Crippen molar-refractivity contribution in [2.24, 2.45) is 0 Å². The Labute approximate surface area is 118 Å². The van der Waals surface area contributed by atoms with Crippen LogP contribution in [0.1, 0.15) is 42.1 Å². The SMILES string of the molecule is CCN1CCN(c2nc3c(s2)CCCC3=O)CC1C. The van der Waals surface area contributed by atoms with Gasteiger partial charge in [-0.25, -0.2) is 4.98 Å². The Morgan fingerprint density at radius 3 is 2.89 bits per heavy atom. The quantitative estimate of drug-likeness (QED) is 0.831. The van der Waals surface area contributed by atoms with Gasteiger partial charge in [0.05, 0.1) is 0 Å². The van der Waals surface area contributed by atoms with Crippen molar-refractivity contribution in [2.45, 2.75) is 39.2 Å². The molecule has 1 saturated heterocycles. The molecule has 1 atom stereocenters. The average molecular weight is 279 g/mol. The number of rotatable bonds is 2. The molecule has 2 heterocycles. The Morgan fingerprint density at radius 2 is 2.21 bits per heavy atom. The fourth-order valence-corrected chi connectivity index (χ4v) is 4.18. The van der Waals surface area contributed by atoms with Gasteiger partial charge in [0, 0.05) is 37.0 Å². The van der Waals surface area contributed by atoms with Crippen molar-refractivity contribution >= 4 is 22.3 Å². The molecule has 1 fully saturated rings. The van der Waals surface area contributed by atoms with E-state index in [0.29, 0.717) is 12.5 Å². The minimum absolute atomic E-state index is 0.240. The molecular formula is C14H21N3OS. The Bertz CT molecular complexity index is 485. The van der Waals surface area contributed by atoms with Crippen LogP contribution < -0.4 is 4.90 Å². The number of carbonyl (C=O) groups excluding carboxylic acids is 1. The summed E-state index contributed by atoms with van der Waals surface area (Å²) in [7, 11) is 0. The molecule has 0 bridgehead atoms. The van der Waals surface area contributed by atoms with Crippen LogP contribution >= 0.6 is 11.3 Å². The zero-order valence-electron chi connectivity index (χ0n) is 11.7. The molecule has 1 aromatic heterocycles. The maximum absolute atomic E-state index is 11.9. The summed E-state index contributed by atoms with van der Waals surface area (Å²) in [6, 6.07) is 0.565. The van der Waals surface area contributed by atoms with E-state index in [-0.39, 0.29) is 5.78 Å². The van der Waals surface area contributed by atoms with Gasteiger partial charge in [-0.05, 0) is 26.3 Å². The van der Waals surface area contributed by atoms with Crippen LogP contribution in [0, 0.1) is 0 Å². The third-order valence-corrected chi connectivity index (χ3v) is 5.38. The summed E-state index contributed by atoms with van der Waals surface area (Å²) >= 11 is 1.73. The molecule has 104 valence electrons. The van der Waals surface area contributed by atoms with Crippen molar-refractivity contribution in [3.63, 3.8) is 0 Å². The second-order valence-corrected chi connectivity index (χ2v) is 6.53. The van der Waals surface area contributed by atoms with Crippen molar-refractivity contribution in [3.8, 4) is 0 Å². The lowest BCUT2D eigenvalue weighted by Gasteiger charge is -2.39. The highest BCUT2D eigenvalue weighted by Crippen LogP contribution is 2.32. The smallest absolute Gasteiger partial charge is 0.186 e. The van der Waals surface area contributed by atoms with Crippen LogP contribution in [0.5, 0.6) is 0 Å². The fraction of sp³-hybridized carbons (Fsp3) is 0.714. The molecule has 0 aromatic carbocycles. The Morgan fingerprint density at radius 1 is 1.37 bits per heavy atom. The van der Waals surface area contributed by atoms with Crippen molar-refractivity contribution in [1.29, 1.82) is 0 Å². The van der Waals surface area contributed by atoms with Crippen molar-refractivity contribution in [1.82, 2.24) is 9.88 Å². The number of ketones is 1. The maximum Gasteiger partial charge on any atom is 0.186 e. The number of fused-ring (bicyclic) bond motifs is 1. The number of hydrogen-bond acceptors (Lipinski definition) is 5. The van der Waals surface area contributed by atoms with E-state index in [4.69, 9.17) is 0 Å². The first-order valence-electron chi connectivity index (χ1n) is 7.21. The number of thiazole rings is 1. The molecular weight excluding hydrogens is 258 g/mol. The Hall–Kier alpha value is -0.940. The first kappa shape index (κ1) is 13.1. The second kappa shape index (κ2) is 5.21. The highest BCUT2D eigenvalue weighted by Gasteiger charge is 2.28. The van der Waals surface area contributed by atoms with E-state index < -0.39 is 0 Å². The molecule has 19 heavy (non-hydrogen) atoms. The number of Topliss-reactive ketones (excluding diaryl/α,β-unsaturated/α-hetero) is 1. The van der Waals surface area contributed by atoms with Gasteiger partial charge < -0.3 is 4.90 Å². The summed E-state index contributed by atoms with van der Waals surface area (Å²) in [5.41, 5.74) is 0.761.